The van der Waals surface area contributed by atoms with E-state index in [4.69, 9.17) is 4.74 Å². The summed E-state index contributed by atoms with van der Waals surface area (Å²) in [6.45, 7) is 8.04. The van der Waals surface area contributed by atoms with Gasteiger partial charge in [-0.15, -0.1) is 0 Å². The first kappa shape index (κ1) is 13.5. The van der Waals surface area contributed by atoms with Crippen LogP contribution in [0.15, 0.2) is 0 Å². The molecule has 0 radical (unpaired) electrons. The van der Waals surface area contributed by atoms with Gasteiger partial charge in [0.25, 0.3) is 0 Å². The van der Waals surface area contributed by atoms with Crippen molar-refractivity contribution in [2.75, 3.05) is 0 Å². The van der Waals surface area contributed by atoms with E-state index in [1.165, 1.54) is 32.1 Å². The molecule has 0 bridgehead atoms. The maximum Gasteiger partial charge on any atom is 0.306 e. The van der Waals surface area contributed by atoms with Crippen molar-refractivity contribution in [2.24, 2.45) is 11.8 Å². The summed E-state index contributed by atoms with van der Waals surface area (Å²) in [6, 6.07) is 0. The lowest BCUT2D eigenvalue weighted by Gasteiger charge is -2.29. The highest BCUT2D eigenvalue weighted by Crippen LogP contribution is 2.33. The molecular weight excluding hydrogens is 200 g/mol. The van der Waals surface area contributed by atoms with Crippen LogP contribution in [0.5, 0.6) is 0 Å². The topological polar surface area (TPSA) is 26.3 Å². The highest BCUT2D eigenvalue weighted by molar-refractivity contribution is 5.70. The molecule has 0 saturated heterocycles. The van der Waals surface area contributed by atoms with E-state index >= 15 is 0 Å². The Balaban J connectivity index is 2.33. The van der Waals surface area contributed by atoms with Crippen LogP contribution in [-0.2, 0) is 9.53 Å². The van der Waals surface area contributed by atoms with Gasteiger partial charge in [0.15, 0.2) is 0 Å². The van der Waals surface area contributed by atoms with Crippen LogP contribution in [-0.4, -0.2) is 11.6 Å². The van der Waals surface area contributed by atoms with Gasteiger partial charge in [0.1, 0.15) is 5.60 Å². The SMILES string of the molecule is CC[C@@H]1CCC[C@H](CC(=O)OC(C)(C)C)C1. The summed E-state index contributed by atoms with van der Waals surface area (Å²) in [4.78, 5) is 11.7. The minimum absolute atomic E-state index is 0.0192. The van der Waals surface area contributed by atoms with Gasteiger partial charge in [-0.3, -0.25) is 4.79 Å². The smallest absolute Gasteiger partial charge is 0.306 e. The first-order chi connectivity index (χ1) is 7.40. The number of carbonyl (C=O) groups is 1. The summed E-state index contributed by atoms with van der Waals surface area (Å²) in [5.41, 5.74) is -0.337. The maximum atomic E-state index is 11.7. The zero-order valence-corrected chi connectivity index (χ0v) is 11.2. The first-order valence-corrected chi connectivity index (χ1v) is 6.62. The molecule has 2 heteroatoms. The fourth-order valence-corrected chi connectivity index (χ4v) is 2.58. The largest absolute Gasteiger partial charge is 0.460 e. The van der Waals surface area contributed by atoms with E-state index in [9.17, 15) is 4.79 Å². The molecule has 94 valence electrons. The van der Waals surface area contributed by atoms with Crippen molar-refractivity contribution in [3.8, 4) is 0 Å². The van der Waals surface area contributed by atoms with Gasteiger partial charge in [0.2, 0.25) is 0 Å². The van der Waals surface area contributed by atoms with E-state index in [0.29, 0.717) is 12.3 Å². The number of rotatable bonds is 3. The summed E-state index contributed by atoms with van der Waals surface area (Å²) in [6.07, 6.45) is 6.93. The number of esters is 1. The molecule has 2 nitrogen and oxygen atoms in total. The minimum Gasteiger partial charge on any atom is -0.460 e. The Bertz CT molecular complexity index is 227. The molecule has 0 heterocycles. The molecule has 0 spiro atoms. The lowest BCUT2D eigenvalue weighted by molar-refractivity contribution is -0.156. The second-order valence-electron chi connectivity index (χ2n) is 6.10. The number of carbonyl (C=O) groups excluding carboxylic acids is 1. The minimum atomic E-state index is -0.337. The van der Waals surface area contributed by atoms with Crippen LogP contribution >= 0.6 is 0 Å². The molecular formula is C14H26O2. The molecule has 1 fully saturated rings. The molecule has 16 heavy (non-hydrogen) atoms. The Morgan fingerprint density at radius 2 is 1.88 bits per heavy atom. The molecule has 0 amide bonds. The van der Waals surface area contributed by atoms with E-state index in [1.54, 1.807) is 0 Å². The Labute approximate surface area is 99.8 Å². The fraction of sp³-hybridized carbons (Fsp3) is 0.929. The summed E-state index contributed by atoms with van der Waals surface area (Å²) >= 11 is 0. The van der Waals surface area contributed by atoms with Crippen LogP contribution in [0.25, 0.3) is 0 Å². The Kier molecular flexibility index (Phi) is 4.82. The maximum absolute atomic E-state index is 11.7. The van der Waals surface area contributed by atoms with Gasteiger partial charge in [-0.2, -0.15) is 0 Å². The van der Waals surface area contributed by atoms with E-state index in [0.717, 1.165) is 5.92 Å². The van der Waals surface area contributed by atoms with Crippen LogP contribution in [0.3, 0.4) is 0 Å². The van der Waals surface area contributed by atoms with Gasteiger partial charge >= 0.3 is 5.97 Å². The lowest BCUT2D eigenvalue weighted by Crippen LogP contribution is -2.26. The average molecular weight is 226 g/mol. The van der Waals surface area contributed by atoms with Gasteiger partial charge in [-0.25, -0.2) is 0 Å². The fourth-order valence-electron chi connectivity index (χ4n) is 2.58. The van der Waals surface area contributed by atoms with Crippen LogP contribution < -0.4 is 0 Å². The normalized spacial score (nSPS) is 26.5. The molecule has 0 aliphatic heterocycles. The lowest BCUT2D eigenvalue weighted by atomic mass is 9.79. The van der Waals surface area contributed by atoms with Crippen LogP contribution in [0.2, 0.25) is 0 Å². The predicted octanol–water partition coefficient (Wildman–Crippen LogP) is 3.93. The third-order valence-corrected chi connectivity index (χ3v) is 3.34. The molecule has 0 N–H and O–H groups in total. The molecule has 0 aromatic heterocycles. The third kappa shape index (κ3) is 5.00. The third-order valence-electron chi connectivity index (χ3n) is 3.34. The highest BCUT2D eigenvalue weighted by Gasteiger charge is 2.25. The molecule has 2 atom stereocenters. The zero-order chi connectivity index (χ0) is 12.2. The van der Waals surface area contributed by atoms with Gasteiger partial charge in [0, 0.05) is 6.42 Å². The summed E-state index contributed by atoms with van der Waals surface area (Å²) in [5, 5.41) is 0. The zero-order valence-electron chi connectivity index (χ0n) is 11.2. The number of hydrogen-bond donors (Lipinski definition) is 0. The Hall–Kier alpha value is -0.530. The number of ether oxygens (including phenoxy) is 1. The van der Waals surface area contributed by atoms with Crippen molar-refractivity contribution < 1.29 is 9.53 Å². The van der Waals surface area contributed by atoms with Crippen molar-refractivity contribution in [2.45, 2.75) is 71.8 Å². The van der Waals surface area contributed by atoms with E-state index in [-0.39, 0.29) is 11.6 Å². The van der Waals surface area contributed by atoms with Crippen molar-refractivity contribution in [3.05, 3.63) is 0 Å². The molecule has 1 rings (SSSR count). The Morgan fingerprint density at radius 1 is 1.25 bits per heavy atom. The molecule has 1 saturated carbocycles. The average Bonchev–Trinajstić information content (AvgIpc) is 2.15. The Morgan fingerprint density at radius 3 is 2.44 bits per heavy atom. The van der Waals surface area contributed by atoms with Crippen molar-refractivity contribution in [3.63, 3.8) is 0 Å². The van der Waals surface area contributed by atoms with Crippen molar-refractivity contribution >= 4 is 5.97 Å². The van der Waals surface area contributed by atoms with Gasteiger partial charge < -0.3 is 4.74 Å². The van der Waals surface area contributed by atoms with Crippen LogP contribution in [0.4, 0.5) is 0 Å². The van der Waals surface area contributed by atoms with E-state index in [2.05, 4.69) is 6.92 Å². The second-order valence-corrected chi connectivity index (χ2v) is 6.10. The molecule has 0 aromatic rings. The van der Waals surface area contributed by atoms with E-state index < -0.39 is 0 Å². The monoisotopic (exact) mass is 226 g/mol. The summed E-state index contributed by atoms with van der Waals surface area (Å²) in [7, 11) is 0. The molecule has 0 aromatic carbocycles. The van der Waals surface area contributed by atoms with Crippen LogP contribution in [0, 0.1) is 11.8 Å². The molecule has 1 aliphatic rings. The van der Waals surface area contributed by atoms with Crippen molar-refractivity contribution in [1.82, 2.24) is 0 Å². The predicted molar refractivity (Wildman–Crippen MR) is 66.2 cm³/mol. The number of hydrogen-bond acceptors (Lipinski definition) is 2. The quantitative estimate of drug-likeness (QED) is 0.681. The second kappa shape index (κ2) is 5.70. The van der Waals surface area contributed by atoms with E-state index in [1.807, 2.05) is 20.8 Å². The standard InChI is InChI=1S/C14H26O2/c1-5-11-7-6-8-12(9-11)10-13(15)16-14(2,3)4/h11-12H,5-10H2,1-4H3/t11-,12+/m1/s1. The summed E-state index contributed by atoms with van der Waals surface area (Å²) < 4.78 is 5.37. The molecule has 1 aliphatic carbocycles. The highest BCUT2D eigenvalue weighted by atomic mass is 16.6. The first-order valence-electron chi connectivity index (χ1n) is 6.62. The van der Waals surface area contributed by atoms with Gasteiger partial charge in [-0.05, 0) is 45.4 Å². The van der Waals surface area contributed by atoms with Gasteiger partial charge in [-0.1, -0.05) is 26.2 Å². The van der Waals surface area contributed by atoms with Crippen LogP contribution in [0.1, 0.15) is 66.2 Å². The van der Waals surface area contributed by atoms with Gasteiger partial charge in [0.05, 0.1) is 0 Å². The van der Waals surface area contributed by atoms with Crippen molar-refractivity contribution in [1.29, 1.82) is 0 Å². The molecule has 0 unspecified atom stereocenters. The summed E-state index contributed by atoms with van der Waals surface area (Å²) in [5.74, 6) is 1.38.